The van der Waals surface area contributed by atoms with Crippen LogP contribution in [0.5, 0.6) is 0 Å². The SMILES string of the molecule is NC(=O)CC(NC(=O)C1CCCN1C(=O)C(N)Cc1ccccc1)C(=O)NC(CCC(=O)O)C(=O)O. The van der Waals surface area contributed by atoms with Crippen LogP contribution in [0.3, 0.4) is 0 Å². The maximum Gasteiger partial charge on any atom is 0.326 e. The minimum absolute atomic E-state index is 0.268. The maximum absolute atomic E-state index is 13.0. The number of carboxylic acids is 2. The molecule has 13 nitrogen and oxygen atoms in total. The Morgan fingerprint density at radius 2 is 1.69 bits per heavy atom. The van der Waals surface area contributed by atoms with Crippen molar-refractivity contribution in [2.24, 2.45) is 11.5 Å². The summed E-state index contributed by atoms with van der Waals surface area (Å²) >= 11 is 0. The Balaban J connectivity index is 2.08. The van der Waals surface area contributed by atoms with Crippen molar-refractivity contribution in [2.75, 3.05) is 6.54 Å². The lowest BCUT2D eigenvalue weighted by Gasteiger charge is -2.28. The van der Waals surface area contributed by atoms with Crippen molar-refractivity contribution in [1.82, 2.24) is 15.5 Å². The maximum atomic E-state index is 13.0. The number of nitrogens with one attached hydrogen (secondary N) is 2. The number of benzene rings is 1. The van der Waals surface area contributed by atoms with Gasteiger partial charge in [0.15, 0.2) is 0 Å². The Hall–Kier alpha value is -4.00. The number of rotatable bonds is 13. The highest BCUT2D eigenvalue weighted by Crippen LogP contribution is 2.19. The van der Waals surface area contributed by atoms with Crippen molar-refractivity contribution in [3.05, 3.63) is 35.9 Å². The number of nitrogens with zero attached hydrogens (tertiary/aromatic N) is 1. The van der Waals surface area contributed by atoms with Crippen LogP contribution in [-0.2, 0) is 35.2 Å². The van der Waals surface area contributed by atoms with Crippen molar-refractivity contribution in [3.63, 3.8) is 0 Å². The van der Waals surface area contributed by atoms with Gasteiger partial charge in [-0.25, -0.2) is 4.79 Å². The van der Waals surface area contributed by atoms with Gasteiger partial charge in [-0.05, 0) is 31.2 Å². The molecule has 1 aromatic carbocycles. The summed E-state index contributed by atoms with van der Waals surface area (Å²) in [6.45, 7) is 0.280. The number of carboxylic acid groups (broad SMARTS) is 2. The summed E-state index contributed by atoms with van der Waals surface area (Å²) < 4.78 is 0. The lowest BCUT2D eigenvalue weighted by atomic mass is 10.0. The molecular weight excluding hydrogens is 474 g/mol. The van der Waals surface area contributed by atoms with Crippen LogP contribution in [0.1, 0.15) is 37.7 Å². The quantitative estimate of drug-likeness (QED) is 0.180. The number of likely N-dealkylation sites (tertiary alicyclic amines) is 1. The highest BCUT2D eigenvalue weighted by molar-refractivity contribution is 5.96. The Morgan fingerprint density at radius 3 is 2.28 bits per heavy atom. The zero-order valence-electron chi connectivity index (χ0n) is 19.6. The highest BCUT2D eigenvalue weighted by atomic mass is 16.4. The van der Waals surface area contributed by atoms with E-state index in [2.05, 4.69) is 10.6 Å². The molecule has 13 heteroatoms. The molecule has 2 rings (SSSR count). The first-order valence-corrected chi connectivity index (χ1v) is 11.4. The third kappa shape index (κ3) is 8.34. The Morgan fingerprint density at radius 1 is 1.03 bits per heavy atom. The summed E-state index contributed by atoms with van der Waals surface area (Å²) in [5.41, 5.74) is 12.1. The van der Waals surface area contributed by atoms with Crippen LogP contribution in [0.15, 0.2) is 30.3 Å². The van der Waals surface area contributed by atoms with E-state index in [4.69, 9.17) is 16.6 Å². The Bertz CT molecular complexity index is 986. The molecule has 0 radical (unpaired) electrons. The Kier molecular flexibility index (Phi) is 10.3. The molecular formula is C23H31N5O8. The van der Waals surface area contributed by atoms with Gasteiger partial charge in [0, 0.05) is 13.0 Å². The van der Waals surface area contributed by atoms with Gasteiger partial charge in [0.25, 0.3) is 0 Å². The predicted molar refractivity (Wildman–Crippen MR) is 125 cm³/mol. The van der Waals surface area contributed by atoms with E-state index in [0.717, 1.165) is 5.56 Å². The first-order chi connectivity index (χ1) is 17.0. The van der Waals surface area contributed by atoms with Crippen molar-refractivity contribution in [2.45, 2.75) is 62.7 Å². The number of hydrogen-bond donors (Lipinski definition) is 6. The van der Waals surface area contributed by atoms with E-state index >= 15 is 0 Å². The zero-order chi connectivity index (χ0) is 26.8. The fourth-order valence-corrected chi connectivity index (χ4v) is 3.95. The summed E-state index contributed by atoms with van der Waals surface area (Å²) in [6, 6.07) is 4.23. The van der Waals surface area contributed by atoms with Crippen LogP contribution in [0.2, 0.25) is 0 Å². The number of carbonyl (C=O) groups excluding carboxylic acids is 4. The van der Waals surface area contributed by atoms with E-state index in [1.165, 1.54) is 4.90 Å². The fraction of sp³-hybridized carbons (Fsp3) is 0.478. The molecule has 4 unspecified atom stereocenters. The predicted octanol–water partition coefficient (Wildman–Crippen LogP) is -1.66. The number of hydrogen-bond acceptors (Lipinski definition) is 7. The minimum atomic E-state index is -1.55. The molecule has 1 fully saturated rings. The number of nitrogens with two attached hydrogens (primary N) is 2. The van der Waals surface area contributed by atoms with Crippen molar-refractivity contribution in [3.8, 4) is 0 Å². The molecule has 4 atom stereocenters. The van der Waals surface area contributed by atoms with Crippen LogP contribution >= 0.6 is 0 Å². The van der Waals surface area contributed by atoms with Gasteiger partial charge in [0.2, 0.25) is 23.6 Å². The van der Waals surface area contributed by atoms with E-state index in [1.54, 1.807) is 0 Å². The zero-order valence-corrected chi connectivity index (χ0v) is 19.6. The van der Waals surface area contributed by atoms with Gasteiger partial charge in [-0.3, -0.25) is 24.0 Å². The molecule has 0 aromatic heterocycles. The third-order valence-electron chi connectivity index (χ3n) is 5.75. The van der Waals surface area contributed by atoms with E-state index in [0.29, 0.717) is 12.8 Å². The molecule has 0 saturated carbocycles. The number of amides is 4. The molecule has 0 spiro atoms. The topological polar surface area (TPSA) is 222 Å². The van der Waals surface area contributed by atoms with Crippen molar-refractivity contribution >= 4 is 35.6 Å². The number of carbonyl (C=O) groups is 6. The summed E-state index contributed by atoms with van der Waals surface area (Å²) in [7, 11) is 0. The van der Waals surface area contributed by atoms with Gasteiger partial charge in [-0.2, -0.15) is 0 Å². The van der Waals surface area contributed by atoms with Gasteiger partial charge in [-0.15, -0.1) is 0 Å². The molecule has 8 N–H and O–H groups in total. The van der Waals surface area contributed by atoms with E-state index in [9.17, 15) is 33.9 Å². The largest absolute Gasteiger partial charge is 0.481 e. The van der Waals surface area contributed by atoms with E-state index in [1.807, 2.05) is 30.3 Å². The van der Waals surface area contributed by atoms with Crippen molar-refractivity contribution < 1.29 is 39.0 Å². The first-order valence-electron chi connectivity index (χ1n) is 11.4. The molecule has 36 heavy (non-hydrogen) atoms. The summed E-state index contributed by atoms with van der Waals surface area (Å²) in [6.07, 6.45) is -0.465. The standard InChI is InChI=1S/C23H31N5O8/c24-14(11-13-5-2-1-3-6-13)22(34)28-10-4-7-17(28)21(33)27-16(12-18(25)29)20(32)26-15(23(35)36)8-9-19(30)31/h1-3,5-6,14-17H,4,7-12,24H2,(H2,25,29)(H,26,32)(H,27,33)(H,30,31)(H,35,36). The van der Waals surface area contributed by atoms with Gasteiger partial charge >= 0.3 is 11.9 Å². The summed E-state index contributed by atoms with van der Waals surface area (Å²) in [5.74, 6) is -5.84. The molecule has 0 bridgehead atoms. The van der Waals surface area contributed by atoms with Gasteiger partial charge in [-0.1, -0.05) is 30.3 Å². The average molecular weight is 506 g/mol. The molecule has 1 aliphatic rings. The van der Waals surface area contributed by atoms with E-state index in [-0.39, 0.29) is 13.0 Å². The minimum Gasteiger partial charge on any atom is -0.481 e. The second kappa shape index (κ2) is 13.2. The molecule has 196 valence electrons. The van der Waals surface area contributed by atoms with Crippen LogP contribution in [0.4, 0.5) is 0 Å². The van der Waals surface area contributed by atoms with Crippen molar-refractivity contribution in [1.29, 1.82) is 0 Å². The third-order valence-corrected chi connectivity index (χ3v) is 5.75. The Labute approximate surface area is 207 Å². The summed E-state index contributed by atoms with van der Waals surface area (Å²) in [4.78, 5) is 73.6. The molecule has 1 aliphatic heterocycles. The lowest BCUT2D eigenvalue weighted by Crippen LogP contribution is -2.57. The van der Waals surface area contributed by atoms with Gasteiger partial charge < -0.3 is 37.2 Å². The number of aliphatic carboxylic acids is 2. The van der Waals surface area contributed by atoms with Crippen LogP contribution < -0.4 is 22.1 Å². The van der Waals surface area contributed by atoms with Gasteiger partial charge in [0.1, 0.15) is 18.1 Å². The lowest BCUT2D eigenvalue weighted by molar-refractivity contribution is -0.144. The second-order valence-electron chi connectivity index (χ2n) is 8.55. The van der Waals surface area contributed by atoms with Crippen LogP contribution in [0, 0.1) is 0 Å². The van der Waals surface area contributed by atoms with Crippen LogP contribution in [0.25, 0.3) is 0 Å². The number of primary amides is 1. The first kappa shape index (κ1) is 28.2. The average Bonchev–Trinajstić information content (AvgIpc) is 3.30. The molecule has 1 saturated heterocycles. The van der Waals surface area contributed by atoms with E-state index < -0.39 is 79.0 Å². The second-order valence-corrected chi connectivity index (χ2v) is 8.55. The molecule has 4 amide bonds. The molecule has 0 aliphatic carbocycles. The fourth-order valence-electron chi connectivity index (χ4n) is 3.95. The van der Waals surface area contributed by atoms with Crippen LogP contribution in [-0.4, -0.2) is 81.4 Å². The van der Waals surface area contributed by atoms with Gasteiger partial charge in [0.05, 0.1) is 12.5 Å². The summed E-state index contributed by atoms with van der Waals surface area (Å²) in [5, 5.41) is 22.5. The molecule has 1 aromatic rings. The normalized spacial score (nSPS) is 17.5. The monoisotopic (exact) mass is 505 g/mol. The molecule has 1 heterocycles. The smallest absolute Gasteiger partial charge is 0.326 e. The highest BCUT2D eigenvalue weighted by Gasteiger charge is 2.38.